The first-order valence-electron chi connectivity index (χ1n) is 10.7. The normalized spacial score (nSPS) is 30.1. The number of unbranched alkanes of at least 4 members (excludes halogenated alkanes) is 1. The van der Waals surface area contributed by atoms with E-state index >= 15 is 0 Å². The van der Waals surface area contributed by atoms with Gasteiger partial charge < -0.3 is 20.1 Å². The summed E-state index contributed by atoms with van der Waals surface area (Å²) in [5.41, 5.74) is 1.07. The largest absolute Gasteiger partial charge is 0.396 e. The van der Waals surface area contributed by atoms with E-state index in [9.17, 15) is 4.79 Å². The number of morpholine rings is 1. The fourth-order valence-corrected chi connectivity index (χ4v) is 4.45. The van der Waals surface area contributed by atoms with Gasteiger partial charge in [-0.15, -0.1) is 0 Å². The highest BCUT2D eigenvalue weighted by molar-refractivity contribution is 5.98. The number of carbonyl (C=O) groups is 1. The molecule has 0 spiro atoms. The molecule has 2 N–H and O–H groups in total. The minimum absolute atomic E-state index is 0.0444. The molecule has 4 aliphatic rings. The predicted molar refractivity (Wildman–Crippen MR) is 108 cm³/mol. The van der Waals surface area contributed by atoms with Gasteiger partial charge in [0.05, 0.1) is 24.4 Å². The van der Waals surface area contributed by atoms with Crippen LogP contribution in [-0.4, -0.2) is 83.7 Å². The van der Waals surface area contributed by atoms with Crippen LogP contribution >= 0.6 is 0 Å². The summed E-state index contributed by atoms with van der Waals surface area (Å²) in [6, 6.07) is 0.475. The third-order valence-electron chi connectivity index (χ3n) is 6.07. The first-order chi connectivity index (χ1) is 13.7. The molecule has 1 saturated heterocycles. The smallest absolute Gasteiger partial charge is 0.253 e. The number of aliphatic hydroxyl groups excluding tert-OH is 1. The van der Waals surface area contributed by atoms with Gasteiger partial charge in [0, 0.05) is 38.2 Å². The second-order valence-electron chi connectivity index (χ2n) is 8.12. The van der Waals surface area contributed by atoms with E-state index in [0.29, 0.717) is 19.2 Å². The highest BCUT2D eigenvalue weighted by Gasteiger charge is 2.45. The number of amides is 1. The highest BCUT2D eigenvalue weighted by atomic mass is 16.5. The standard InChI is InChI=1S/C21H32N4O3/c1-15(25(16-8-9-16)21(27)19-14-22-10-13-28-19)20-17-6-2-3-7-18(17)24(23-20)11-4-5-12-26/h2-3,6-7,15-19,22,26H,4-5,8-14H2,1H3/t15-,17?,18?,19-/m1/s1. The summed E-state index contributed by atoms with van der Waals surface area (Å²) in [5.74, 6) is 0.295. The summed E-state index contributed by atoms with van der Waals surface area (Å²) >= 11 is 0. The maximum atomic E-state index is 13.3. The quantitative estimate of drug-likeness (QED) is 0.605. The molecule has 0 radical (unpaired) electrons. The molecule has 0 aromatic heterocycles. The van der Waals surface area contributed by atoms with Gasteiger partial charge in [-0.1, -0.05) is 24.3 Å². The van der Waals surface area contributed by atoms with Crippen molar-refractivity contribution < 1.29 is 14.6 Å². The number of allylic oxidation sites excluding steroid dienone is 2. The van der Waals surface area contributed by atoms with Crippen LogP contribution in [-0.2, 0) is 9.53 Å². The lowest BCUT2D eigenvalue weighted by Gasteiger charge is -2.35. The Morgan fingerprint density at radius 2 is 2.21 bits per heavy atom. The third kappa shape index (κ3) is 4.02. The zero-order valence-corrected chi connectivity index (χ0v) is 16.7. The van der Waals surface area contributed by atoms with Crippen LogP contribution in [0.15, 0.2) is 29.4 Å². The van der Waals surface area contributed by atoms with Crippen molar-refractivity contribution in [2.24, 2.45) is 11.0 Å². The zero-order chi connectivity index (χ0) is 19.5. The zero-order valence-electron chi connectivity index (χ0n) is 16.7. The Kier molecular flexibility index (Phi) is 6.13. The second kappa shape index (κ2) is 8.76. The van der Waals surface area contributed by atoms with Crippen molar-refractivity contribution in [2.45, 2.75) is 56.8 Å². The van der Waals surface area contributed by atoms with Crippen molar-refractivity contribution in [1.82, 2.24) is 15.2 Å². The number of hydrogen-bond donors (Lipinski definition) is 2. The fourth-order valence-electron chi connectivity index (χ4n) is 4.45. The summed E-state index contributed by atoms with van der Waals surface area (Å²) in [7, 11) is 0. The van der Waals surface area contributed by atoms with Crippen molar-refractivity contribution >= 4 is 11.6 Å². The number of rotatable bonds is 8. The Bertz CT molecular complexity index is 652. The average molecular weight is 389 g/mol. The molecule has 1 saturated carbocycles. The van der Waals surface area contributed by atoms with E-state index < -0.39 is 6.10 Å². The van der Waals surface area contributed by atoms with Crippen LogP contribution in [0.1, 0.15) is 32.6 Å². The summed E-state index contributed by atoms with van der Waals surface area (Å²) < 4.78 is 5.75. The predicted octanol–water partition coefficient (Wildman–Crippen LogP) is 0.909. The number of nitrogens with zero attached hydrogens (tertiary/aromatic N) is 3. The van der Waals surface area contributed by atoms with E-state index in [1.165, 1.54) is 0 Å². The Labute approximate surface area is 167 Å². The van der Waals surface area contributed by atoms with Crippen molar-refractivity contribution in [3.63, 3.8) is 0 Å². The Hall–Kier alpha value is -1.70. The maximum absolute atomic E-state index is 13.3. The Morgan fingerprint density at radius 3 is 2.93 bits per heavy atom. The van der Waals surface area contributed by atoms with Crippen molar-refractivity contribution in [2.75, 3.05) is 32.8 Å². The summed E-state index contributed by atoms with van der Waals surface area (Å²) in [5, 5.41) is 19.5. The molecule has 7 nitrogen and oxygen atoms in total. The molecule has 2 heterocycles. The summed E-state index contributed by atoms with van der Waals surface area (Å²) in [6.07, 6.45) is 12.0. The third-order valence-corrected chi connectivity index (χ3v) is 6.07. The van der Waals surface area contributed by atoms with E-state index in [1.54, 1.807) is 0 Å². The average Bonchev–Trinajstić information content (AvgIpc) is 3.50. The van der Waals surface area contributed by atoms with Gasteiger partial charge in [0.25, 0.3) is 5.91 Å². The lowest BCUT2D eigenvalue weighted by Crippen LogP contribution is -2.55. The van der Waals surface area contributed by atoms with Gasteiger partial charge in [0.15, 0.2) is 0 Å². The van der Waals surface area contributed by atoms with E-state index in [0.717, 1.165) is 44.5 Å². The summed E-state index contributed by atoms with van der Waals surface area (Å²) in [6.45, 7) is 5.13. The second-order valence-corrected chi connectivity index (χ2v) is 8.12. The molecule has 28 heavy (non-hydrogen) atoms. The van der Waals surface area contributed by atoms with Gasteiger partial charge in [-0.2, -0.15) is 5.10 Å². The molecule has 7 heteroatoms. The monoisotopic (exact) mass is 388 g/mol. The lowest BCUT2D eigenvalue weighted by atomic mass is 9.88. The molecular formula is C21H32N4O3. The highest BCUT2D eigenvalue weighted by Crippen LogP contribution is 2.35. The SMILES string of the molecule is C[C@H](C1=NN(CCCCO)C2C=CC=CC12)N(C(=O)[C@H]1CNCCO1)C1CC1. The lowest BCUT2D eigenvalue weighted by molar-refractivity contribution is -0.146. The van der Waals surface area contributed by atoms with Gasteiger partial charge in [0.2, 0.25) is 0 Å². The molecule has 0 bridgehead atoms. The number of carbonyl (C=O) groups excluding carboxylic acids is 1. The molecule has 1 amide bonds. The number of hydrogen-bond acceptors (Lipinski definition) is 6. The van der Waals surface area contributed by atoms with Gasteiger partial charge in [-0.05, 0) is 32.6 Å². The van der Waals surface area contributed by atoms with Crippen molar-refractivity contribution in [3.05, 3.63) is 24.3 Å². The molecule has 0 aromatic carbocycles. The van der Waals surface area contributed by atoms with Crippen LogP contribution in [0.3, 0.4) is 0 Å². The topological polar surface area (TPSA) is 77.4 Å². The first-order valence-corrected chi connectivity index (χ1v) is 10.7. The molecule has 4 atom stereocenters. The number of hydrazone groups is 1. The van der Waals surface area contributed by atoms with E-state index in [-0.39, 0.29) is 30.5 Å². The maximum Gasteiger partial charge on any atom is 0.253 e. The van der Waals surface area contributed by atoms with Crippen LogP contribution in [0.5, 0.6) is 0 Å². The van der Waals surface area contributed by atoms with E-state index in [2.05, 4.69) is 41.6 Å². The van der Waals surface area contributed by atoms with Gasteiger partial charge in [0.1, 0.15) is 6.10 Å². The number of nitrogens with one attached hydrogen (secondary N) is 1. The van der Waals surface area contributed by atoms with E-state index in [4.69, 9.17) is 14.9 Å². The van der Waals surface area contributed by atoms with Gasteiger partial charge >= 0.3 is 0 Å². The number of fused-ring (bicyclic) bond motifs is 1. The summed E-state index contributed by atoms with van der Waals surface area (Å²) in [4.78, 5) is 15.3. The van der Waals surface area contributed by atoms with Gasteiger partial charge in [-0.25, -0.2) is 0 Å². The van der Waals surface area contributed by atoms with E-state index in [1.807, 2.05) is 4.90 Å². The Balaban J connectivity index is 1.52. The fraction of sp³-hybridized carbons (Fsp3) is 0.714. The number of aliphatic hydroxyl groups is 1. The van der Waals surface area contributed by atoms with Crippen LogP contribution < -0.4 is 5.32 Å². The van der Waals surface area contributed by atoms with Gasteiger partial charge in [-0.3, -0.25) is 9.80 Å². The molecule has 2 fully saturated rings. The molecule has 2 aliphatic carbocycles. The number of ether oxygens (including phenoxy) is 1. The van der Waals surface area contributed by atoms with Crippen molar-refractivity contribution in [1.29, 1.82) is 0 Å². The molecule has 2 unspecified atom stereocenters. The van der Waals surface area contributed by atoms with Crippen LogP contribution in [0.25, 0.3) is 0 Å². The Morgan fingerprint density at radius 1 is 1.39 bits per heavy atom. The molecule has 2 aliphatic heterocycles. The minimum atomic E-state index is -0.392. The molecular weight excluding hydrogens is 356 g/mol. The van der Waals surface area contributed by atoms with Crippen LogP contribution in [0, 0.1) is 5.92 Å². The molecule has 154 valence electrons. The first kappa shape index (κ1) is 19.6. The van der Waals surface area contributed by atoms with Crippen LogP contribution in [0.2, 0.25) is 0 Å². The van der Waals surface area contributed by atoms with Crippen molar-refractivity contribution in [3.8, 4) is 0 Å². The molecule has 0 aromatic rings. The van der Waals surface area contributed by atoms with Crippen LogP contribution in [0.4, 0.5) is 0 Å². The minimum Gasteiger partial charge on any atom is -0.396 e. The molecule has 4 rings (SSSR count).